The molecule has 2 aromatic carbocycles. The van der Waals surface area contributed by atoms with Crippen LogP contribution in [0.3, 0.4) is 0 Å². The van der Waals surface area contributed by atoms with Crippen molar-refractivity contribution in [3.8, 4) is 6.07 Å². The molecule has 1 aromatic heterocycles. The van der Waals surface area contributed by atoms with Gasteiger partial charge in [-0.15, -0.1) is 10.2 Å². The van der Waals surface area contributed by atoms with Crippen LogP contribution < -0.4 is 0 Å². The third kappa shape index (κ3) is 2.41. The number of fused-ring (bicyclic) bond motifs is 1. The molecule has 0 saturated carbocycles. The molecule has 0 spiro atoms. The first-order valence-electron chi connectivity index (χ1n) is 6.47. The van der Waals surface area contributed by atoms with Gasteiger partial charge in [0.2, 0.25) is 0 Å². The summed E-state index contributed by atoms with van der Waals surface area (Å²) in [5.74, 6) is 0. The fourth-order valence-corrected chi connectivity index (χ4v) is 2.85. The number of aromatic nitrogens is 1. The van der Waals surface area contributed by atoms with Crippen molar-refractivity contribution in [1.29, 1.82) is 5.26 Å². The molecule has 0 aliphatic carbocycles. The van der Waals surface area contributed by atoms with Crippen LogP contribution in [0.4, 0.5) is 10.7 Å². The molecule has 0 bridgehead atoms. The standard InChI is InChI=1S/C16H12N4S/c1-10-7-8-15(13-6-4-3-5-12(10)13)18-19-16-14(9-17)11(2)20-21-16/h3-8H,1-2H3/b19-18+. The van der Waals surface area contributed by atoms with Gasteiger partial charge in [-0.2, -0.15) is 9.64 Å². The average Bonchev–Trinajstić information content (AvgIpc) is 2.87. The predicted molar refractivity (Wildman–Crippen MR) is 84.4 cm³/mol. The van der Waals surface area contributed by atoms with Crippen molar-refractivity contribution in [1.82, 2.24) is 4.37 Å². The SMILES string of the molecule is Cc1nsc(/N=N/c2ccc(C)c3ccccc23)c1C#N. The Kier molecular flexibility index (Phi) is 3.46. The van der Waals surface area contributed by atoms with Crippen LogP contribution in [0.25, 0.3) is 10.8 Å². The average molecular weight is 292 g/mol. The first-order valence-corrected chi connectivity index (χ1v) is 7.24. The van der Waals surface area contributed by atoms with Gasteiger partial charge in [0.25, 0.3) is 0 Å². The molecule has 3 aromatic rings. The molecule has 3 rings (SSSR count). The maximum absolute atomic E-state index is 9.11. The lowest BCUT2D eigenvalue weighted by Crippen LogP contribution is -1.78. The number of hydrogen-bond donors (Lipinski definition) is 0. The molecule has 0 radical (unpaired) electrons. The van der Waals surface area contributed by atoms with Gasteiger partial charge in [-0.1, -0.05) is 30.3 Å². The zero-order chi connectivity index (χ0) is 14.8. The van der Waals surface area contributed by atoms with Crippen molar-refractivity contribution in [2.75, 3.05) is 0 Å². The number of nitriles is 1. The Morgan fingerprint density at radius 2 is 1.81 bits per heavy atom. The third-order valence-corrected chi connectivity index (χ3v) is 4.15. The summed E-state index contributed by atoms with van der Waals surface area (Å²) in [6.45, 7) is 3.87. The molecule has 0 N–H and O–H groups in total. The van der Waals surface area contributed by atoms with E-state index in [4.69, 9.17) is 5.26 Å². The van der Waals surface area contributed by atoms with Crippen molar-refractivity contribution in [2.45, 2.75) is 13.8 Å². The molecule has 1 heterocycles. The maximum atomic E-state index is 9.11. The molecule has 5 heteroatoms. The first-order chi connectivity index (χ1) is 10.2. The van der Waals surface area contributed by atoms with Crippen molar-refractivity contribution < 1.29 is 0 Å². The highest BCUT2D eigenvalue weighted by molar-refractivity contribution is 7.10. The highest BCUT2D eigenvalue weighted by Gasteiger charge is 2.09. The summed E-state index contributed by atoms with van der Waals surface area (Å²) >= 11 is 1.20. The quantitative estimate of drug-likeness (QED) is 0.609. The van der Waals surface area contributed by atoms with E-state index in [1.807, 2.05) is 30.3 Å². The van der Waals surface area contributed by atoms with E-state index in [1.165, 1.54) is 17.1 Å². The lowest BCUT2D eigenvalue weighted by molar-refractivity contribution is 1.24. The fraction of sp³-hybridized carbons (Fsp3) is 0.125. The van der Waals surface area contributed by atoms with E-state index in [9.17, 15) is 0 Å². The molecule has 0 aliphatic heterocycles. The van der Waals surface area contributed by atoms with Crippen LogP contribution >= 0.6 is 11.5 Å². The Morgan fingerprint density at radius 1 is 1.05 bits per heavy atom. The number of rotatable bonds is 2. The normalized spacial score (nSPS) is 11.1. The van der Waals surface area contributed by atoms with Gasteiger partial charge in [-0.25, -0.2) is 0 Å². The molecule has 4 nitrogen and oxygen atoms in total. The number of hydrogen-bond acceptors (Lipinski definition) is 5. The molecule has 0 atom stereocenters. The monoisotopic (exact) mass is 292 g/mol. The lowest BCUT2D eigenvalue weighted by Gasteiger charge is -2.03. The van der Waals surface area contributed by atoms with Crippen molar-refractivity contribution in [3.05, 3.63) is 53.2 Å². The maximum Gasteiger partial charge on any atom is 0.176 e. The second kappa shape index (κ2) is 5.43. The molecule has 21 heavy (non-hydrogen) atoms. The lowest BCUT2D eigenvalue weighted by atomic mass is 10.0. The molecular formula is C16H12N4S. The van der Waals surface area contributed by atoms with Crippen molar-refractivity contribution in [2.24, 2.45) is 10.2 Å². The van der Waals surface area contributed by atoms with Gasteiger partial charge in [-0.3, -0.25) is 0 Å². The fourth-order valence-electron chi connectivity index (χ4n) is 2.18. The molecule has 0 amide bonds. The van der Waals surface area contributed by atoms with E-state index in [0.29, 0.717) is 16.3 Å². The van der Waals surface area contributed by atoms with Crippen molar-refractivity contribution >= 4 is 33.0 Å². The van der Waals surface area contributed by atoms with Gasteiger partial charge in [0, 0.05) is 5.39 Å². The second-order valence-electron chi connectivity index (χ2n) is 4.71. The summed E-state index contributed by atoms with van der Waals surface area (Å²) < 4.78 is 4.14. The van der Waals surface area contributed by atoms with E-state index < -0.39 is 0 Å². The van der Waals surface area contributed by atoms with Crippen LogP contribution in [0.2, 0.25) is 0 Å². The largest absolute Gasteiger partial charge is 0.194 e. The molecule has 102 valence electrons. The van der Waals surface area contributed by atoms with Crippen LogP contribution in [-0.4, -0.2) is 4.37 Å². The number of aryl methyl sites for hydroxylation is 2. The van der Waals surface area contributed by atoms with Crippen LogP contribution in [0.5, 0.6) is 0 Å². The molecule has 0 unspecified atom stereocenters. The van der Waals surface area contributed by atoms with Gasteiger partial charge in [-0.05, 0) is 42.4 Å². The van der Waals surface area contributed by atoms with E-state index in [2.05, 4.69) is 33.7 Å². The topological polar surface area (TPSA) is 61.4 Å². The van der Waals surface area contributed by atoms with Gasteiger partial charge < -0.3 is 0 Å². The van der Waals surface area contributed by atoms with Crippen LogP contribution in [0, 0.1) is 25.2 Å². The molecule has 0 saturated heterocycles. The molecular weight excluding hydrogens is 280 g/mol. The summed E-state index contributed by atoms with van der Waals surface area (Å²) in [4.78, 5) is 0. The van der Waals surface area contributed by atoms with E-state index in [0.717, 1.165) is 16.5 Å². The predicted octanol–water partition coefficient (Wildman–Crippen LogP) is 5.20. The smallest absolute Gasteiger partial charge is 0.176 e. The van der Waals surface area contributed by atoms with Crippen LogP contribution in [0.1, 0.15) is 16.8 Å². The second-order valence-corrected chi connectivity index (χ2v) is 5.46. The van der Waals surface area contributed by atoms with Crippen molar-refractivity contribution in [3.63, 3.8) is 0 Å². The van der Waals surface area contributed by atoms with Crippen LogP contribution in [-0.2, 0) is 0 Å². The highest BCUT2D eigenvalue weighted by atomic mass is 32.1. The zero-order valence-corrected chi connectivity index (χ0v) is 12.5. The summed E-state index contributed by atoms with van der Waals surface area (Å²) in [5.41, 5.74) is 3.20. The van der Waals surface area contributed by atoms with Gasteiger partial charge in [0.1, 0.15) is 11.6 Å². The Balaban J connectivity index is 2.08. The molecule has 0 fully saturated rings. The number of azo groups is 1. The van der Waals surface area contributed by atoms with Gasteiger partial charge in [0.05, 0.1) is 11.4 Å². The van der Waals surface area contributed by atoms with E-state index in [-0.39, 0.29) is 0 Å². The Hall–Kier alpha value is -2.58. The highest BCUT2D eigenvalue weighted by Crippen LogP contribution is 2.32. The number of benzene rings is 2. The minimum absolute atomic E-state index is 0.500. The first kappa shape index (κ1) is 13.4. The van der Waals surface area contributed by atoms with Crippen LogP contribution in [0.15, 0.2) is 46.6 Å². The van der Waals surface area contributed by atoms with E-state index >= 15 is 0 Å². The van der Waals surface area contributed by atoms with Gasteiger partial charge >= 0.3 is 0 Å². The Bertz CT molecular complexity index is 887. The molecule has 0 aliphatic rings. The zero-order valence-electron chi connectivity index (χ0n) is 11.7. The summed E-state index contributed by atoms with van der Waals surface area (Å²) in [5, 5.41) is 20.4. The third-order valence-electron chi connectivity index (χ3n) is 3.32. The summed E-state index contributed by atoms with van der Waals surface area (Å²) in [7, 11) is 0. The Morgan fingerprint density at radius 3 is 2.57 bits per heavy atom. The summed E-state index contributed by atoms with van der Waals surface area (Å²) in [6.07, 6.45) is 0. The minimum atomic E-state index is 0.500. The number of nitrogens with zero attached hydrogens (tertiary/aromatic N) is 4. The summed E-state index contributed by atoms with van der Waals surface area (Å²) in [6, 6.07) is 14.2. The minimum Gasteiger partial charge on any atom is -0.194 e. The van der Waals surface area contributed by atoms with Gasteiger partial charge in [0.15, 0.2) is 5.00 Å². The Labute approximate surface area is 126 Å². The van der Waals surface area contributed by atoms with E-state index in [1.54, 1.807) is 6.92 Å².